The van der Waals surface area contributed by atoms with E-state index in [2.05, 4.69) is 5.32 Å². The minimum absolute atomic E-state index is 0.0818. The Morgan fingerprint density at radius 3 is 2.29 bits per heavy atom. The molecule has 1 aliphatic heterocycles. The lowest BCUT2D eigenvalue weighted by molar-refractivity contribution is -0.155. The van der Waals surface area contributed by atoms with Crippen molar-refractivity contribution in [2.45, 2.75) is 65.3 Å². The average molecular weight is 476 g/mol. The molecule has 1 aliphatic rings. The zero-order valence-corrected chi connectivity index (χ0v) is 20.9. The number of hydrogen-bond acceptors (Lipinski definition) is 6. The number of likely N-dealkylation sites (N-methyl/N-ethyl adjacent to an activating group) is 1. The molecule has 0 unspecified atom stereocenters. The molecule has 1 aromatic rings. The van der Waals surface area contributed by atoms with Crippen LogP contribution in [0.2, 0.25) is 0 Å². The predicted molar refractivity (Wildman–Crippen MR) is 127 cm³/mol. The van der Waals surface area contributed by atoms with Crippen molar-refractivity contribution in [2.75, 3.05) is 20.7 Å². The number of likely N-dealkylation sites (tertiary alicyclic amines) is 1. The number of benzene rings is 1. The van der Waals surface area contributed by atoms with Gasteiger partial charge in [0, 0.05) is 13.6 Å². The van der Waals surface area contributed by atoms with Crippen LogP contribution in [0.5, 0.6) is 0 Å². The molecule has 9 nitrogen and oxygen atoms in total. The molecule has 2 rings (SSSR count). The Hall–Kier alpha value is -3.10. The fourth-order valence-corrected chi connectivity index (χ4v) is 4.24. The summed E-state index contributed by atoms with van der Waals surface area (Å²) in [7, 11) is 2.86. The second kappa shape index (κ2) is 12.4. The summed E-state index contributed by atoms with van der Waals surface area (Å²) in [6, 6.07) is 6.93. The Labute approximate surface area is 201 Å². The van der Waals surface area contributed by atoms with Crippen LogP contribution in [0.3, 0.4) is 0 Å². The first-order valence-electron chi connectivity index (χ1n) is 11.7. The Morgan fingerprint density at radius 1 is 1.09 bits per heavy atom. The van der Waals surface area contributed by atoms with Crippen LogP contribution in [-0.4, -0.2) is 72.5 Å². The fraction of sp³-hybridized carbons (Fsp3) is 0.600. The highest BCUT2D eigenvalue weighted by Crippen LogP contribution is 2.24. The Morgan fingerprint density at radius 2 is 1.74 bits per heavy atom. The minimum atomic E-state index is -0.877. The zero-order valence-electron chi connectivity index (χ0n) is 20.9. The van der Waals surface area contributed by atoms with Crippen LogP contribution >= 0.6 is 0 Å². The Bertz CT molecular complexity index is 857. The van der Waals surface area contributed by atoms with E-state index in [0.29, 0.717) is 19.4 Å². The first kappa shape index (κ1) is 27.1. The maximum absolute atomic E-state index is 13.4. The van der Waals surface area contributed by atoms with Crippen LogP contribution in [0, 0.1) is 11.8 Å². The maximum atomic E-state index is 13.4. The highest BCUT2D eigenvalue weighted by atomic mass is 16.5. The van der Waals surface area contributed by atoms with Gasteiger partial charge in [0.2, 0.25) is 11.8 Å². The number of rotatable bonds is 9. The van der Waals surface area contributed by atoms with Crippen LogP contribution in [-0.2, 0) is 30.5 Å². The van der Waals surface area contributed by atoms with Gasteiger partial charge in [-0.2, -0.15) is 0 Å². The molecule has 9 heteroatoms. The van der Waals surface area contributed by atoms with Crippen molar-refractivity contribution in [3.05, 3.63) is 35.9 Å². The molecule has 1 saturated heterocycles. The van der Waals surface area contributed by atoms with E-state index in [1.54, 1.807) is 7.05 Å². The van der Waals surface area contributed by atoms with E-state index in [1.807, 2.05) is 58.0 Å². The van der Waals surface area contributed by atoms with Gasteiger partial charge in [-0.15, -0.1) is 0 Å². The van der Waals surface area contributed by atoms with Crippen LogP contribution in [0.15, 0.2) is 30.3 Å². The monoisotopic (exact) mass is 475 g/mol. The predicted octanol–water partition coefficient (Wildman–Crippen LogP) is 2.58. The van der Waals surface area contributed by atoms with Gasteiger partial charge < -0.3 is 24.6 Å². The van der Waals surface area contributed by atoms with Crippen molar-refractivity contribution >= 4 is 23.9 Å². The number of ether oxygens (including phenoxy) is 2. The molecule has 0 aliphatic carbocycles. The lowest BCUT2D eigenvalue weighted by Gasteiger charge is -2.37. The lowest BCUT2D eigenvalue weighted by atomic mass is 9.97. The number of nitrogens with zero attached hydrogens (tertiary/aromatic N) is 2. The summed E-state index contributed by atoms with van der Waals surface area (Å²) in [6.07, 6.45) is 0.517. The van der Waals surface area contributed by atoms with Crippen molar-refractivity contribution < 1.29 is 28.7 Å². The van der Waals surface area contributed by atoms with Gasteiger partial charge in [0.15, 0.2) is 0 Å². The third-order valence-corrected chi connectivity index (χ3v) is 6.08. The SMILES string of the molecule is COC(=O)[C@@H]1CCCN1C(=O)[C@H](C(C)C)N(C)C(=O)[C@@H](NC(=O)OCc1ccccc1)C(C)C. The number of carbonyl (C=O) groups is 4. The largest absolute Gasteiger partial charge is 0.467 e. The molecular formula is C25H37N3O6. The van der Waals surface area contributed by atoms with E-state index in [4.69, 9.17) is 9.47 Å². The normalized spacial score (nSPS) is 17.3. The van der Waals surface area contributed by atoms with E-state index >= 15 is 0 Å². The molecule has 0 spiro atoms. The third-order valence-electron chi connectivity index (χ3n) is 6.08. The average Bonchev–Trinajstić information content (AvgIpc) is 3.30. The highest BCUT2D eigenvalue weighted by molar-refractivity contribution is 5.93. The third kappa shape index (κ3) is 6.71. The summed E-state index contributed by atoms with van der Waals surface area (Å²) in [4.78, 5) is 54.3. The first-order chi connectivity index (χ1) is 16.1. The quantitative estimate of drug-likeness (QED) is 0.551. The lowest BCUT2D eigenvalue weighted by Crippen LogP contribution is -2.59. The number of methoxy groups -OCH3 is 1. The topological polar surface area (TPSA) is 105 Å². The van der Waals surface area contributed by atoms with Gasteiger partial charge in [0.25, 0.3) is 0 Å². The summed E-state index contributed by atoms with van der Waals surface area (Å²) < 4.78 is 10.1. The number of alkyl carbamates (subject to hydrolysis) is 1. The summed E-state index contributed by atoms with van der Waals surface area (Å²) in [6.45, 7) is 7.84. The second-order valence-electron chi connectivity index (χ2n) is 9.28. The van der Waals surface area contributed by atoms with Crippen molar-refractivity contribution in [1.82, 2.24) is 15.1 Å². The summed E-state index contributed by atoms with van der Waals surface area (Å²) in [5.74, 6) is -1.60. The van der Waals surface area contributed by atoms with E-state index in [9.17, 15) is 19.2 Å². The molecule has 3 amide bonds. The van der Waals surface area contributed by atoms with Crippen LogP contribution < -0.4 is 5.32 Å². The maximum Gasteiger partial charge on any atom is 0.408 e. The van der Waals surface area contributed by atoms with Gasteiger partial charge in [-0.3, -0.25) is 9.59 Å². The summed E-state index contributed by atoms with van der Waals surface area (Å²) in [5.41, 5.74) is 0.832. The van der Waals surface area contributed by atoms with E-state index in [-0.39, 0.29) is 24.3 Å². The number of hydrogen-bond donors (Lipinski definition) is 1. The highest BCUT2D eigenvalue weighted by Gasteiger charge is 2.42. The molecule has 0 aromatic heterocycles. The van der Waals surface area contributed by atoms with Gasteiger partial charge in [0.05, 0.1) is 7.11 Å². The van der Waals surface area contributed by atoms with Crippen molar-refractivity contribution in [2.24, 2.45) is 11.8 Å². The van der Waals surface area contributed by atoms with Gasteiger partial charge in [-0.25, -0.2) is 9.59 Å². The molecule has 188 valence electrons. The Balaban J connectivity index is 2.12. The molecule has 1 heterocycles. The van der Waals surface area contributed by atoms with Gasteiger partial charge in [0.1, 0.15) is 24.7 Å². The number of carbonyl (C=O) groups excluding carboxylic acids is 4. The van der Waals surface area contributed by atoms with E-state index in [1.165, 1.54) is 16.9 Å². The fourth-order valence-electron chi connectivity index (χ4n) is 4.24. The van der Waals surface area contributed by atoms with Crippen LogP contribution in [0.1, 0.15) is 46.1 Å². The summed E-state index contributed by atoms with van der Waals surface area (Å²) in [5, 5.41) is 2.65. The molecule has 34 heavy (non-hydrogen) atoms. The molecule has 1 aromatic carbocycles. The molecule has 1 N–H and O–H groups in total. The van der Waals surface area contributed by atoms with Crippen molar-refractivity contribution in [3.63, 3.8) is 0 Å². The standard InChI is InChI=1S/C25H37N3O6/c1-16(2)20(26-25(32)34-15-18-11-8-7-9-12-18)22(29)27(5)21(17(3)4)23(30)28-14-10-13-19(28)24(31)33-6/h7-9,11-12,16-17,19-21H,10,13-15H2,1-6H3,(H,26,32)/t19-,20-,21-/m0/s1. The van der Waals surface area contributed by atoms with E-state index < -0.39 is 36.1 Å². The molecular weight excluding hydrogens is 438 g/mol. The molecule has 0 bridgehead atoms. The van der Waals surface area contributed by atoms with Crippen LogP contribution in [0.4, 0.5) is 4.79 Å². The number of esters is 1. The van der Waals surface area contributed by atoms with Gasteiger partial charge in [-0.1, -0.05) is 58.0 Å². The van der Waals surface area contributed by atoms with Crippen molar-refractivity contribution in [1.29, 1.82) is 0 Å². The summed E-state index contributed by atoms with van der Waals surface area (Å²) >= 11 is 0. The van der Waals surface area contributed by atoms with Gasteiger partial charge in [-0.05, 0) is 30.2 Å². The van der Waals surface area contributed by atoms with E-state index in [0.717, 1.165) is 5.56 Å². The Kier molecular flexibility index (Phi) is 9.89. The smallest absolute Gasteiger partial charge is 0.408 e. The minimum Gasteiger partial charge on any atom is -0.467 e. The van der Waals surface area contributed by atoms with Crippen LogP contribution in [0.25, 0.3) is 0 Å². The first-order valence-corrected chi connectivity index (χ1v) is 11.7. The molecule has 0 saturated carbocycles. The molecule has 0 radical (unpaired) electrons. The van der Waals surface area contributed by atoms with Gasteiger partial charge >= 0.3 is 12.1 Å². The molecule has 1 fully saturated rings. The zero-order chi connectivity index (χ0) is 25.4. The van der Waals surface area contributed by atoms with Crippen molar-refractivity contribution in [3.8, 4) is 0 Å². The second-order valence-corrected chi connectivity index (χ2v) is 9.28. The number of nitrogens with one attached hydrogen (secondary N) is 1. The molecule has 3 atom stereocenters. The number of amides is 3.